The van der Waals surface area contributed by atoms with Gasteiger partial charge in [0.15, 0.2) is 0 Å². The lowest BCUT2D eigenvalue weighted by molar-refractivity contribution is 0.0643. The summed E-state index contributed by atoms with van der Waals surface area (Å²) in [5.41, 5.74) is 1.66. The van der Waals surface area contributed by atoms with E-state index >= 15 is 0 Å². The SMILES string of the molecule is CCN1CCN(C(=O)c2ccc(N3CCNCC3)c(NS(=O)(=O)c3ccc(OC)cc3)c2)CC1. The summed E-state index contributed by atoms with van der Waals surface area (Å²) in [6, 6.07) is 11.6. The number of amides is 1. The van der Waals surface area contributed by atoms with Crippen LogP contribution in [-0.2, 0) is 10.0 Å². The van der Waals surface area contributed by atoms with E-state index < -0.39 is 10.0 Å². The van der Waals surface area contributed by atoms with Crippen molar-refractivity contribution in [2.45, 2.75) is 11.8 Å². The predicted octanol–water partition coefficient (Wildman–Crippen LogP) is 1.68. The molecular weight excluding hydrogens is 454 g/mol. The molecule has 1 amide bonds. The highest BCUT2D eigenvalue weighted by Gasteiger charge is 2.25. The zero-order chi connectivity index (χ0) is 24.1. The van der Waals surface area contributed by atoms with Crippen molar-refractivity contribution in [3.05, 3.63) is 48.0 Å². The number of hydrogen-bond acceptors (Lipinski definition) is 7. The van der Waals surface area contributed by atoms with Gasteiger partial charge >= 0.3 is 0 Å². The van der Waals surface area contributed by atoms with Gasteiger partial charge in [0.25, 0.3) is 15.9 Å². The lowest BCUT2D eigenvalue weighted by Crippen LogP contribution is -2.48. The largest absolute Gasteiger partial charge is 0.497 e. The van der Waals surface area contributed by atoms with Gasteiger partial charge in [0.2, 0.25) is 0 Å². The Labute approximate surface area is 201 Å². The second-order valence-corrected chi connectivity index (χ2v) is 10.2. The fraction of sp³-hybridized carbons (Fsp3) is 0.458. The maximum atomic E-state index is 13.2. The summed E-state index contributed by atoms with van der Waals surface area (Å²) < 4.78 is 34.3. The summed E-state index contributed by atoms with van der Waals surface area (Å²) in [6.45, 7) is 9.24. The van der Waals surface area contributed by atoms with Crippen LogP contribution in [0.25, 0.3) is 0 Å². The maximum Gasteiger partial charge on any atom is 0.261 e. The number of anilines is 2. The van der Waals surface area contributed by atoms with E-state index in [1.807, 2.05) is 11.0 Å². The number of likely N-dealkylation sites (N-methyl/N-ethyl adjacent to an activating group) is 1. The molecule has 0 aliphatic carbocycles. The molecule has 0 bridgehead atoms. The summed E-state index contributed by atoms with van der Waals surface area (Å²) in [4.78, 5) is 19.7. The Kier molecular flexibility index (Phi) is 7.60. The van der Waals surface area contributed by atoms with Crippen LogP contribution in [0.3, 0.4) is 0 Å². The molecule has 0 radical (unpaired) electrons. The molecule has 0 atom stereocenters. The molecule has 9 nitrogen and oxygen atoms in total. The first kappa shape index (κ1) is 24.3. The number of piperazine rings is 2. The highest BCUT2D eigenvalue weighted by molar-refractivity contribution is 7.92. The van der Waals surface area contributed by atoms with Crippen LogP contribution in [0, 0.1) is 0 Å². The fourth-order valence-electron chi connectivity index (χ4n) is 4.34. The van der Waals surface area contributed by atoms with E-state index in [4.69, 9.17) is 4.74 Å². The van der Waals surface area contributed by atoms with Gasteiger partial charge in [-0.15, -0.1) is 0 Å². The third-order valence-corrected chi connectivity index (χ3v) is 7.80. The molecule has 10 heteroatoms. The molecule has 34 heavy (non-hydrogen) atoms. The Morgan fingerprint density at radius 1 is 1.00 bits per heavy atom. The first-order chi connectivity index (χ1) is 16.4. The fourth-order valence-corrected chi connectivity index (χ4v) is 5.41. The second-order valence-electron chi connectivity index (χ2n) is 8.48. The number of nitrogens with one attached hydrogen (secondary N) is 2. The van der Waals surface area contributed by atoms with Crippen LogP contribution >= 0.6 is 0 Å². The van der Waals surface area contributed by atoms with Crippen molar-refractivity contribution in [1.29, 1.82) is 0 Å². The average molecular weight is 488 g/mol. The Balaban J connectivity index is 1.63. The second kappa shape index (κ2) is 10.6. The molecule has 2 aromatic rings. The van der Waals surface area contributed by atoms with Gasteiger partial charge in [0.05, 0.1) is 23.4 Å². The van der Waals surface area contributed by atoms with Crippen molar-refractivity contribution >= 4 is 27.3 Å². The van der Waals surface area contributed by atoms with Crippen molar-refractivity contribution in [2.24, 2.45) is 0 Å². The molecule has 2 N–H and O–H groups in total. The van der Waals surface area contributed by atoms with Gasteiger partial charge in [-0.2, -0.15) is 0 Å². The van der Waals surface area contributed by atoms with Crippen LogP contribution in [-0.4, -0.2) is 90.1 Å². The predicted molar refractivity (Wildman–Crippen MR) is 133 cm³/mol. The Hall–Kier alpha value is -2.82. The number of hydrogen-bond donors (Lipinski definition) is 2. The molecule has 2 aliphatic rings. The number of benzene rings is 2. The number of sulfonamides is 1. The van der Waals surface area contributed by atoms with E-state index in [1.165, 1.54) is 19.2 Å². The first-order valence-electron chi connectivity index (χ1n) is 11.7. The van der Waals surface area contributed by atoms with Gasteiger partial charge < -0.3 is 24.8 Å². The van der Waals surface area contributed by atoms with Crippen molar-refractivity contribution in [1.82, 2.24) is 15.1 Å². The molecule has 0 unspecified atom stereocenters. The first-order valence-corrected chi connectivity index (χ1v) is 13.2. The topological polar surface area (TPSA) is 94.2 Å². The molecule has 184 valence electrons. The minimum Gasteiger partial charge on any atom is -0.497 e. The smallest absolute Gasteiger partial charge is 0.261 e. The van der Waals surface area contributed by atoms with Crippen molar-refractivity contribution in [3.63, 3.8) is 0 Å². The van der Waals surface area contributed by atoms with Crippen LogP contribution in [0.5, 0.6) is 5.75 Å². The van der Waals surface area contributed by atoms with Gasteiger partial charge in [-0.1, -0.05) is 6.92 Å². The zero-order valence-corrected chi connectivity index (χ0v) is 20.6. The highest BCUT2D eigenvalue weighted by atomic mass is 32.2. The molecule has 2 heterocycles. The molecule has 4 rings (SSSR count). The summed E-state index contributed by atoms with van der Waals surface area (Å²) >= 11 is 0. The van der Waals surface area contributed by atoms with Crippen LogP contribution in [0.15, 0.2) is 47.4 Å². The quantitative estimate of drug-likeness (QED) is 0.614. The van der Waals surface area contributed by atoms with Crippen LogP contribution < -0.4 is 19.7 Å². The maximum absolute atomic E-state index is 13.2. The summed E-state index contributed by atoms with van der Waals surface area (Å²) in [5.74, 6) is 0.503. The van der Waals surface area contributed by atoms with Crippen molar-refractivity contribution < 1.29 is 17.9 Å². The molecule has 2 aromatic carbocycles. The third kappa shape index (κ3) is 5.45. The van der Waals surface area contributed by atoms with E-state index in [0.29, 0.717) is 30.1 Å². The van der Waals surface area contributed by atoms with E-state index in [9.17, 15) is 13.2 Å². The Morgan fingerprint density at radius 2 is 1.68 bits per heavy atom. The Morgan fingerprint density at radius 3 is 2.29 bits per heavy atom. The number of carbonyl (C=O) groups is 1. The van der Waals surface area contributed by atoms with Crippen molar-refractivity contribution in [3.8, 4) is 5.75 Å². The zero-order valence-electron chi connectivity index (χ0n) is 19.8. The van der Waals surface area contributed by atoms with E-state index in [2.05, 4.69) is 26.8 Å². The molecule has 0 aromatic heterocycles. The minimum atomic E-state index is -3.86. The molecule has 2 fully saturated rings. The van der Waals surface area contributed by atoms with Gasteiger partial charge in [-0.05, 0) is 49.0 Å². The number of ether oxygens (including phenoxy) is 1. The van der Waals surface area contributed by atoms with Gasteiger partial charge in [0, 0.05) is 57.9 Å². The Bertz CT molecular complexity index is 1090. The summed E-state index contributed by atoms with van der Waals surface area (Å²) in [5, 5.41) is 3.31. The highest BCUT2D eigenvalue weighted by Crippen LogP contribution is 2.31. The van der Waals surface area contributed by atoms with Crippen molar-refractivity contribution in [2.75, 3.05) is 75.6 Å². The van der Waals surface area contributed by atoms with E-state index in [-0.39, 0.29) is 10.8 Å². The molecule has 0 spiro atoms. The molecule has 2 aliphatic heterocycles. The lowest BCUT2D eigenvalue weighted by atomic mass is 10.1. The lowest BCUT2D eigenvalue weighted by Gasteiger charge is -2.34. The van der Waals surface area contributed by atoms with Crippen LogP contribution in [0.4, 0.5) is 11.4 Å². The standard InChI is InChI=1S/C24H33N5O4S/c1-3-27-14-16-29(17-15-27)24(30)19-4-9-23(28-12-10-25-11-13-28)22(18-19)26-34(31,32)21-7-5-20(33-2)6-8-21/h4-9,18,25-26H,3,10-17H2,1-2H3. The van der Waals surface area contributed by atoms with Gasteiger partial charge in [-0.3, -0.25) is 9.52 Å². The normalized spacial score (nSPS) is 17.5. The van der Waals surface area contributed by atoms with Gasteiger partial charge in [0.1, 0.15) is 5.75 Å². The third-order valence-electron chi connectivity index (χ3n) is 6.42. The van der Waals surface area contributed by atoms with E-state index in [0.717, 1.165) is 51.5 Å². The molecule has 2 saturated heterocycles. The van der Waals surface area contributed by atoms with Crippen LogP contribution in [0.2, 0.25) is 0 Å². The van der Waals surface area contributed by atoms with Gasteiger partial charge in [-0.25, -0.2) is 8.42 Å². The monoisotopic (exact) mass is 487 g/mol. The van der Waals surface area contributed by atoms with E-state index in [1.54, 1.807) is 24.3 Å². The number of methoxy groups -OCH3 is 1. The molecule has 0 saturated carbocycles. The molecular formula is C24H33N5O4S. The minimum absolute atomic E-state index is 0.0764. The van der Waals surface area contributed by atoms with Crippen LogP contribution in [0.1, 0.15) is 17.3 Å². The number of rotatable bonds is 7. The average Bonchev–Trinajstić information content (AvgIpc) is 2.88. The number of nitrogens with zero attached hydrogens (tertiary/aromatic N) is 3. The number of carbonyl (C=O) groups excluding carboxylic acids is 1. The summed E-state index contributed by atoms with van der Waals surface area (Å²) in [6.07, 6.45) is 0. The summed E-state index contributed by atoms with van der Waals surface area (Å²) in [7, 11) is -2.32.